The van der Waals surface area contributed by atoms with E-state index in [1.54, 1.807) is 0 Å². The summed E-state index contributed by atoms with van der Waals surface area (Å²) in [5, 5.41) is 2.87. The van der Waals surface area contributed by atoms with Crippen LogP contribution < -0.4 is 5.73 Å². The molecule has 56 valence electrons. The van der Waals surface area contributed by atoms with Crippen LogP contribution in [0.1, 0.15) is 5.76 Å². The molecule has 0 saturated carbocycles. The molecule has 2 N–H and O–H groups in total. The SMILES string of the molecule is Nc1cnoc1C(F)(F)F. The lowest BCUT2D eigenvalue weighted by molar-refractivity contribution is -0.154. The summed E-state index contributed by atoms with van der Waals surface area (Å²) in [5.74, 6) is -1.24. The van der Waals surface area contributed by atoms with E-state index in [1.165, 1.54) is 0 Å². The van der Waals surface area contributed by atoms with Gasteiger partial charge in [0.2, 0.25) is 0 Å². The molecule has 3 nitrogen and oxygen atoms in total. The molecule has 0 radical (unpaired) electrons. The summed E-state index contributed by atoms with van der Waals surface area (Å²) in [5.41, 5.74) is 4.36. The number of hydrogen-bond acceptors (Lipinski definition) is 3. The van der Waals surface area contributed by atoms with Gasteiger partial charge >= 0.3 is 6.18 Å². The van der Waals surface area contributed by atoms with Crippen molar-refractivity contribution in [1.29, 1.82) is 0 Å². The van der Waals surface area contributed by atoms with Crippen molar-refractivity contribution in [2.75, 3.05) is 5.73 Å². The first kappa shape index (κ1) is 6.91. The van der Waals surface area contributed by atoms with E-state index in [4.69, 9.17) is 5.73 Å². The van der Waals surface area contributed by atoms with Crippen LogP contribution in [0.4, 0.5) is 18.9 Å². The van der Waals surface area contributed by atoms with Gasteiger partial charge in [-0.1, -0.05) is 5.16 Å². The summed E-state index contributed by atoms with van der Waals surface area (Å²) in [4.78, 5) is 0. The fraction of sp³-hybridized carbons (Fsp3) is 0.250. The third kappa shape index (κ3) is 1.04. The van der Waals surface area contributed by atoms with Gasteiger partial charge in [-0.3, -0.25) is 0 Å². The third-order valence-corrected chi connectivity index (χ3v) is 0.855. The molecule has 0 aliphatic rings. The molecule has 10 heavy (non-hydrogen) atoms. The smallest absolute Gasteiger partial charge is 0.394 e. The van der Waals surface area contributed by atoms with Gasteiger partial charge in [-0.25, -0.2) is 0 Å². The number of nitrogens with zero attached hydrogens (tertiary/aromatic N) is 1. The largest absolute Gasteiger partial charge is 0.454 e. The van der Waals surface area contributed by atoms with Gasteiger partial charge in [0.15, 0.2) is 0 Å². The minimum Gasteiger partial charge on any atom is -0.394 e. The summed E-state index contributed by atoms with van der Waals surface area (Å²) in [7, 11) is 0. The van der Waals surface area contributed by atoms with Crippen molar-refractivity contribution in [3.63, 3.8) is 0 Å². The van der Waals surface area contributed by atoms with Gasteiger partial charge in [-0.15, -0.1) is 0 Å². The molecule has 6 heteroatoms. The highest BCUT2D eigenvalue weighted by atomic mass is 19.4. The number of hydrogen-bond donors (Lipinski definition) is 1. The molecule has 1 rings (SSSR count). The van der Waals surface area contributed by atoms with Crippen LogP contribution in [0.15, 0.2) is 10.7 Å². The Balaban J connectivity index is 3.05. The van der Waals surface area contributed by atoms with Gasteiger partial charge in [0.1, 0.15) is 5.69 Å². The van der Waals surface area contributed by atoms with E-state index < -0.39 is 17.6 Å². The van der Waals surface area contributed by atoms with Crippen molar-refractivity contribution < 1.29 is 17.7 Å². The van der Waals surface area contributed by atoms with Crippen LogP contribution in [-0.4, -0.2) is 5.16 Å². The lowest BCUT2D eigenvalue weighted by Crippen LogP contribution is -2.05. The van der Waals surface area contributed by atoms with Gasteiger partial charge in [-0.05, 0) is 0 Å². The molecule has 0 spiro atoms. The van der Waals surface area contributed by atoms with Gasteiger partial charge in [-0.2, -0.15) is 13.2 Å². The molecule has 1 aromatic rings. The summed E-state index contributed by atoms with van der Waals surface area (Å²) in [6.07, 6.45) is -3.73. The van der Waals surface area contributed by atoms with Crippen LogP contribution in [0.3, 0.4) is 0 Å². The number of nitrogens with two attached hydrogens (primary N) is 1. The average Bonchev–Trinajstić information content (AvgIpc) is 2.11. The third-order valence-electron chi connectivity index (χ3n) is 0.855. The molecule has 0 fully saturated rings. The molecule has 1 heterocycles. The predicted octanol–water partition coefficient (Wildman–Crippen LogP) is 1.28. The monoisotopic (exact) mass is 152 g/mol. The summed E-state index contributed by atoms with van der Waals surface area (Å²) in [6.45, 7) is 0. The number of rotatable bonds is 0. The lowest BCUT2D eigenvalue weighted by atomic mass is 10.4. The molecule has 0 bridgehead atoms. The normalized spacial score (nSPS) is 11.9. The minimum absolute atomic E-state index is 0.493. The quantitative estimate of drug-likeness (QED) is 0.609. The fourth-order valence-corrected chi connectivity index (χ4v) is 0.463. The molecule has 1 aromatic heterocycles. The van der Waals surface area contributed by atoms with Crippen molar-refractivity contribution in [2.45, 2.75) is 6.18 Å². The number of nitrogen functional groups attached to an aromatic ring is 1. The topological polar surface area (TPSA) is 52.0 Å². The van der Waals surface area contributed by atoms with Crippen molar-refractivity contribution in [1.82, 2.24) is 5.16 Å². The Hall–Kier alpha value is -1.20. The van der Waals surface area contributed by atoms with Crippen molar-refractivity contribution >= 4 is 5.69 Å². The Morgan fingerprint density at radius 3 is 2.30 bits per heavy atom. The first-order valence-electron chi connectivity index (χ1n) is 2.29. The van der Waals surface area contributed by atoms with E-state index in [0.29, 0.717) is 0 Å². The maximum atomic E-state index is 11.7. The van der Waals surface area contributed by atoms with Crippen LogP contribution in [-0.2, 0) is 6.18 Å². The van der Waals surface area contributed by atoms with Gasteiger partial charge < -0.3 is 10.3 Å². The van der Waals surface area contributed by atoms with E-state index in [9.17, 15) is 13.2 Å². The molecule has 0 aliphatic carbocycles. The van der Waals surface area contributed by atoms with Crippen LogP contribution in [0, 0.1) is 0 Å². The summed E-state index contributed by atoms with van der Waals surface area (Å²) in [6, 6.07) is 0. The first-order chi connectivity index (χ1) is 4.52. The predicted molar refractivity (Wildman–Crippen MR) is 25.9 cm³/mol. The van der Waals surface area contributed by atoms with E-state index in [0.717, 1.165) is 6.20 Å². The second-order valence-electron chi connectivity index (χ2n) is 1.61. The highest BCUT2D eigenvalue weighted by Crippen LogP contribution is 2.32. The Morgan fingerprint density at radius 2 is 2.10 bits per heavy atom. The molecule has 0 aliphatic heterocycles. The molecule has 0 atom stereocenters. The summed E-state index contributed by atoms with van der Waals surface area (Å²) >= 11 is 0. The molecule has 0 aromatic carbocycles. The second-order valence-corrected chi connectivity index (χ2v) is 1.61. The first-order valence-corrected chi connectivity index (χ1v) is 2.29. The Labute approximate surface area is 53.6 Å². The van der Waals surface area contributed by atoms with Crippen LogP contribution in [0.5, 0.6) is 0 Å². The van der Waals surface area contributed by atoms with Crippen molar-refractivity contribution in [2.24, 2.45) is 0 Å². The van der Waals surface area contributed by atoms with Crippen LogP contribution >= 0.6 is 0 Å². The molecular formula is C4H3F3N2O. The fourth-order valence-electron chi connectivity index (χ4n) is 0.463. The zero-order chi connectivity index (χ0) is 7.78. The highest BCUT2D eigenvalue weighted by molar-refractivity contribution is 5.39. The average molecular weight is 152 g/mol. The van der Waals surface area contributed by atoms with E-state index in [1.807, 2.05) is 0 Å². The van der Waals surface area contributed by atoms with E-state index >= 15 is 0 Å². The minimum atomic E-state index is -4.54. The van der Waals surface area contributed by atoms with Gasteiger partial charge in [0, 0.05) is 0 Å². The number of aromatic nitrogens is 1. The lowest BCUT2D eigenvalue weighted by Gasteiger charge is -1.99. The van der Waals surface area contributed by atoms with Crippen molar-refractivity contribution in [3.05, 3.63) is 12.0 Å². The Morgan fingerprint density at radius 1 is 1.50 bits per heavy atom. The van der Waals surface area contributed by atoms with Crippen molar-refractivity contribution in [3.8, 4) is 0 Å². The van der Waals surface area contributed by atoms with Crippen LogP contribution in [0.2, 0.25) is 0 Å². The molecule has 0 unspecified atom stereocenters. The maximum absolute atomic E-state index is 11.7. The van der Waals surface area contributed by atoms with E-state index in [2.05, 4.69) is 9.68 Å². The molecule has 0 saturated heterocycles. The Kier molecular flexibility index (Phi) is 1.31. The zero-order valence-corrected chi connectivity index (χ0v) is 4.64. The zero-order valence-electron chi connectivity index (χ0n) is 4.64. The molecular weight excluding hydrogens is 149 g/mol. The van der Waals surface area contributed by atoms with Gasteiger partial charge in [0.25, 0.3) is 5.76 Å². The number of alkyl halides is 3. The van der Waals surface area contributed by atoms with E-state index in [-0.39, 0.29) is 0 Å². The number of halogens is 3. The standard InChI is InChI=1S/C4H3F3N2O/c5-4(6,7)3-2(8)1-9-10-3/h1H,8H2. The Bertz CT molecular complexity index is 229. The van der Waals surface area contributed by atoms with Crippen LogP contribution in [0.25, 0.3) is 0 Å². The molecule has 0 amide bonds. The number of anilines is 1. The van der Waals surface area contributed by atoms with Gasteiger partial charge in [0.05, 0.1) is 6.20 Å². The summed E-state index contributed by atoms with van der Waals surface area (Å²) < 4.78 is 38.8. The maximum Gasteiger partial charge on any atom is 0.454 e. The highest BCUT2D eigenvalue weighted by Gasteiger charge is 2.37. The second kappa shape index (κ2) is 1.89.